The van der Waals surface area contributed by atoms with E-state index in [0.29, 0.717) is 16.8 Å². The van der Waals surface area contributed by atoms with Crippen LogP contribution >= 0.6 is 11.6 Å². The number of rotatable bonds is 7. The fourth-order valence-electron chi connectivity index (χ4n) is 1.17. The minimum atomic E-state index is -3.00. The van der Waals surface area contributed by atoms with Gasteiger partial charge in [-0.15, -0.1) is 0 Å². The van der Waals surface area contributed by atoms with Crippen LogP contribution in [-0.2, 0) is 9.84 Å². The van der Waals surface area contributed by atoms with Crippen LogP contribution in [0.5, 0.6) is 0 Å². The van der Waals surface area contributed by atoms with E-state index in [1.54, 1.807) is 0 Å². The van der Waals surface area contributed by atoms with Gasteiger partial charge in [-0.3, -0.25) is 0 Å². The van der Waals surface area contributed by atoms with Crippen molar-refractivity contribution in [3.63, 3.8) is 0 Å². The van der Waals surface area contributed by atoms with E-state index in [1.807, 2.05) is 6.92 Å². The Bertz CT molecular complexity index is 493. The first kappa shape index (κ1) is 15.0. The molecule has 0 aliphatic rings. The van der Waals surface area contributed by atoms with Gasteiger partial charge in [0.15, 0.2) is 5.82 Å². The van der Waals surface area contributed by atoms with Crippen molar-refractivity contribution in [2.75, 3.05) is 35.7 Å². The molecule has 1 rings (SSSR count). The first-order valence-corrected chi connectivity index (χ1v) is 8.04. The quantitative estimate of drug-likeness (QED) is 0.790. The summed E-state index contributed by atoms with van der Waals surface area (Å²) in [5, 5.41) is 6.28. The maximum atomic E-state index is 11.0. The molecular formula is C10H17ClN4O2S. The second-order valence-corrected chi connectivity index (χ2v) is 6.54. The molecule has 0 aliphatic carbocycles. The van der Waals surface area contributed by atoms with Gasteiger partial charge in [0.2, 0.25) is 5.95 Å². The number of nitrogens with zero attached hydrogens (tertiary/aromatic N) is 2. The van der Waals surface area contributed by atoms with Gasteiger partial charge in [0, 0.05) is 19.3 Å². The number of hydrogen-bond acceptors (Lipinski definition) is 6. The highest BCUT2D eigenvalue weighted by Gasteiger charge is 2.06. The lowest BCUT2D eigenvalue weighted by Crippen LogP contribution is -2.15. The second-order valence-electron chi connectivity index (χ2n) is 3.87. The van der Waals surface area contributed by atoms with Crippen LogP contribution in [-0.4, -0.2) is 43.5 Å². The van der Waals surface area contributed by atoms with Crippen LogP contribution in [0.4, 0.5) is 11.8 Å². The van der Waals surface area contributed by atoms with Gasteiger partial charge in [-0.1, -0.05) is 18.5 Å². The first-order valence-electron chi connectivity index (χ1n) is 5.60. The summed E-state index contributed by atoms with van der Waals surface area (Å²) in [5.74, 6) is 0.947. The molecule has 0 saturated heterocycles. The van der Waals surface area contributed by atoms with Crippen molar-refractivity contribution in [1.29, 1.82) is 0 Å². The molecule has 0 aliphatic heterocycles. The fourth-order valence-corrected chi connectivity index (χ4v) is 1.80. The fraction of sp³-hybridized carbons (Fsp3) is 0.600. The molecule has 0 aromatic carbocycles. The minimum Gasteiger partial charge on any atom is -0.368 e. The molecule has 0 spiro atoms. The van der Waals surface area contributed by atoms with Gasteiger partial charge in [-0.05, 0) is 6.42 Å². The van der Waals surface area contributed by atoms with Crippen LogP contribution in [0, 0.1) is 0 Å². The summed E-state index contributed by atoms with van der Waals surface area (Å²) < 4.78 is 22.0. The Balaban J connectivity index is 2.63. The number of halogens is 1. The van der Waals surface area contributed by atoms with Gasteiger partial charge in [-0.2, -0.15) is 4.98 Å². The summed E-state index contributed by atoms with van der Waals surface area (Å²) in [7, 11) is -3.00. The van der Waals surface area contributed by atoms with Crippen LogP contribution in [0.15, 0.2) is 6.20 Å². The number of nitrogens with one attached hydrogen (secondary N) is 2. The lowest BCUT2D eigenvalue weighted by molar-refractivity contribution is 0.602. The van der Waals surface area contributed by atoms with Crippen LogP contribution in [0.3, 0.4) is 0 Å². The van der Waals surface area contributed by atoms with Crippen molar-refractivity contribution in [3.05, 3.63) is 11.2 Å². The lowest BCUT2D eigenvalue weighted by Gasteiger charge is -2.09. The molecule has 8 heteroatoms. The summed E-state index contributed by atoms with van der Waals surface area (Å²) in [6.07, 6.45) is 3.63. The molecule has 0 bridgehead atoms. The first-order chi connectivity index (χ1) is 8.42. The molecule has 6 nitrogen and oxygen atoms in total. The average molecular weight is 293 g/mol. The Labute approximate surface area is 112 Å². The summed E-state index contributed by atoms with van der Waals surface area (Å²) >= 11 is 5.92. The third-order valence-electron chi connectivity index (χ3n) is 2.04. The van der Waals surface area contributed by atoms with E-state index in [9.17, 15) is 8.42 Å². The van der Waals surface area contributed by atoms with E-state index in [2.05, 4.69) is 20.6 Å². The molecule has 0 atom stereocenters. The van der Waals surface area contributed by atoms with Gasteiger partial charge in [-0.25, -0.2) is 13.4 Å². The average Bonchev–Trinajstić information content (AvgIpc) is 2.28. The van der Waals surface area contributed by atoms with Crippen molar-refractivity contribution >= 4 is 33.2 Å². The van der Waals surface area contributed by atoms with E-state index >= 15 is 0 Å². The number of anilines is 2. The highest BCUT2D eigenvalue weighted by atomic mass is 35.5. The van der Waals surface area contributed by atoms with Crippen molar-refractivity contribution in [1.82, 2.24) is 9.97 Å². The predicted molar refractivity (Wildman–Crippen MR) is 74.0 cm³/mol. The maximum Gasteiger partial charge on any atom is 0.224 e. The van der Waals surface area contributed by atoms with Gasteiger partial charge >= 0.3 is 0 Å². The molecule has 0 unspecified atom stereocenters. The zero-order valence-electron chi connectivity index (χ0n) is 10.4. The molecule has 2 N–H and O–H groups in total. The zero-order valence-corrected chi connectivity index (χ0v) is 12.0. The Kier molecular flexibility index (Phi) is 5.61. The van der Waals surface area contributed by atoms with Gasteiger partial charge in [0.05, 0.1) is 11.9 Å². The van der Waals surface area contributed by atoms with E-state index in [4.69, 9.17) is 11.6 Å². The van der Waals surface area contributed by atoms with Crippen LogP contribution in [0.1, 0.15) is 13.3 Å². The topological polar surface area (TPSA) is 84.0 Å². The standard InChI is InChI=1S/C10H17ClN4O2S/c1-3-4-13-10-14-7-8(11)9(15-10)12-5-6-18(2,16)17/h7H,3-6H2,1-2H3,(H2,12,13,14,15). The van der Waals surface area contributed by atoms with E-state index in [1.165, 1.54) is 12.5 Å². The molecule has 18 heavy (non-hydrogen) atoms. The van der Waals surface area contributed by atoms with Crippen LogP contribution in [0.25, 0.3) is 0 Å². The van der Waals surface area contributed by atoms with Crippen LogP contribution in [0.2, 0.25) is 5.02 Å². The molecule has 1 heterocycles. The highest BCUT2D eigenvalue weighted by Crippen LogP contribution is 2.18. The van der Waals surface area contributed by atoms with Gasteiger partial charge < -0.3 is 10.6 Å². The molecule has 1 aromatic rings. The lowest BCUT2D eigenvalue weighted by atomic mass is 10.5. The number of hydrogen-bond donors (Lipinski definition) is 2. The van der Waals surface area contributed by atoms with E-state index < -0.39 is 9.84 Å². The Morgan fingerprint density at radius 1 is 1.33 bits per heavy atom. The van der Waals surface area contributed by atoms with Crippen molar-refractivity contribution in [2.45, 2.75) is 13.3 Å². The Morgan fingerprint density at radius 3 is 2.67 bits per heavy atom. The zero-order chi connectivity index (χ0) is 13.6. The normalized spacial score (nSPS) is 11.3. The monoisotopic (exact) mass is 292 g/mol. The van der Waals surface area contributed by atoms with Crippen LogP contribution < -0.4 is 10.6 Å². The molecule has 0 saturated carbocycles. The SMILES string of the molecule is CCCNc1ncc(Cl)c(NCCS(C)(=O)=O)n1. The largest absolute Gasteiger partial charge is 0.368 e. The molecule has 102 valence electrons. The van der Waals surface area contributed by atoms with Gasteiger partial charge in [0.25, 0.3) is 0 Å². The molecule has 0 amide bonds. The molecular weight excluding hydrogens is 276 g/mol. The third-order valence-corrected chi connectivity index (χ3v) is 3.26. The van der Waals surface area contributed by atoms with Crippen molar-refractivity contribution in [3.8, 4) is 0 Å². The Morgan fingerprint density at radius 2 is 2.06 bits per heavy atom. The van der Waals surface area contributed by atoms with E-state index in [-0.39, 0.29) is 12.3 Å². The van der Waals surface area contributed by atoms with E-state index in [0.717, 1.165) is 13.0 Å². The predicted octanol–water partition coefficient (Wildman–Crippen LogP) is 1.41. The molecule has 1 aromatic heterocycles. The van der Waals surface area contributed by atoms with Gasteiger partial charge in [0.1, 0.15) is 14.9 Å². The number of aromatic nitrogens is 2. The minimum absolute atomic E-state index is 0.0328. The summed E-state index contributed by atoms with van der Waals surface area (Å²) in [5.41, 5.74) is 0. The molecule has 0 fully saturated rings. The van der Waals surface area contributed by atoms with Crippen molar-refractivity contribution in [2.24, 2.45) is 0 Å². The maximum absolute atomic E-state index is 11.0. The molecule has 0 radical (unpaired) electrons. The third kappa shape index (κ3) is 5.50. The Hall–Kier alpha value is -1.08. The smallest absolute Gasteiger partial charge is 0.224 e. The summed E-state index contributed by atoms with van der Waals surface area (Å²) in [6.45, 7) is 3.07. The summed E-state index contributed by atoms with van der Waals surface area (Å²) in [4.78, 5) is 8.19. The highest BCUT2D eigenvalue weighted by molar-refractivity contribution is 7.90. The van der Waals surface area contributed by atoms with Crippen molar-refractivity contribution < 1.29 is 8.42 Å². The number of sulfone groups is 1. The second kappa shape index (κ2) is 6.75. The summed E-state index contributed by atoms with van der Waals surface area (Å²) in [6, 6.07) is 0.